The quantitative estimate of drug-likeness (QED) is 0.207. The third-order valence-electron chi connectivity index (χ3n) is 6.62. The average molecular weight is 581 g/mol. The maximum absolute atomic E-state index is 11.8. The standard InChI is InChI=1S/C31H24Cl3NO4/c1-16(2)30-23(29(35-39-30)28-24(32)5-4-6-25(28)33)15-38-20-10-12-21(26(34)14-20)18-9-11-22-19(13-18)8-7-17(3)27(22)31(36)37/h4-14,16H,15H2,1-3H3,(H,36,37). The first-order chi connectivity index (χ1) is 18.7. The summed E-state index contributed by atoms with van der Waals surface area (Å²) < 4.78 is 11.8. The summed E-state index contributed by atoms with van der Waals surface area (Å²) in [6.45, 7) is 5.99. The number of hydrogen-bond donors (Lipinski definition) is 1. The Labute approximate surface area is 240 Å². The van der Waals surface area contributed by atoms with Crippen molar-refractivity contribution in [2.45, 2.75) is 33.3 Å². The highest BCUT2D eigenvalue weighted by Crippen LogP contribution is 2.39. The molecule has 0 aliphatic heterocycles. The molecule has 0 saturated carbocycles. The Kier molecular flexibility index (Phi) is 7.59. The summed E-state index contributed by atoms with van der Waals surface area (Å²) in [6.07, 6.45) is 0. The van der Waals surface area contributed by atoms with Crippen LogP contribution < -0.4 is 4.74 Å². The third kappa shape index (κ3) is 5.22. The van der Waals surface area contributed by atoms with Gasteiger partial charge >= 0.3 is 5.97 Å². The summed E-state index contributed by atoms with van der Waals surface area (Å²) in [5.41, 5.74) is 4.61. The van der Waals surface area contributed by atoms with E-state index in [1.54, 1.807) is 31.2 Å². The average Bonchev–Trinajstić information content (AvgIpc) is 3.30. The molecule has 0 bridgehead atoms. The van der Waals surface area contributed by atoms with Crippen LogP contribution in [0.15, 0.2) is 71.3 Å². The Morgan fingerprint density at radius 3 is 2.38 bits per heavy atom. The van der Waals surface area contributed by atoms with Crippen LogP contribution in [0.25, 0.3) is 33.2 Å². The fourth-order valence-electron chi connectivity index (χ4n) is 4.70. The van der Waals surface area contributed by atoms with Crippen molar-refractivity contribution in [1.82, 2.24) is 5.16 Å². The van der Waals surface area contributed by atoms with Gasteiger partial charge in [0, 0.05) is 17.0 Å². The van der Waals surface area contributed by atoms with Gasteiger partial charge in [0.15, 0.2) is 0 Å². The van der Waals surface area contributed by atoms with Crippen molar-refractivity contribution < 1.29 is 19.2 Å². The molecular formula is C31H24Cl3NO4. The predicted octanol–water partition coefficient (Wildman–Crippen LogP) is 9.83. The van der Waals surface area contributed by atoms with Crippen LogP contribution in [0.1, 0.15) is 47.0 Å². The highest BCUT2D eigenvalue weighted by molar-refractivity contribution is 6.39. The number of aryl methyl sites for hydroxylation is 1. The van der Waals surface area contributed by atoms with Gasteiger partial charge in [-0.15, -0.1) is 0 Å². The highest BCUT2D eigenvalue weighted by atomic mass is 35.5. The van der Waals surface area contributed by atoms with E-state index in [0.717, 1.165) is 27.6 Å². The zero-order valence-corrected chi connectivity index (χ0v) is 23.7. The highest BCUT2D eigenvalue weighted by Gasteiger charge is 2.24. The summed E-state index contributed by atoms with van der Waals surface area (Å²) >= 11 is 19.6. The van der Waals surface area contributed by atoms with E-state index in [1.807, 2.05) is 56.3 Å². The molecule has 0 spiro atoms. The number of benzene rings is 4. The van der Waals surface area contributed by atoms with Crippen LogP contribution in [-0.2, 0) is 6.61 Å². The summed E-state index contributed by atoms with van der Waals surface area (Å²) in [7, 11) is 0. The Bertz CT molecular complexity index is 1710. The molecule has 0 amide bonds. The van der Waals surface area contributed by atoms with E-state index in [2.05, 4.69) is 5.16 Å². The Balaban J connectivity index is 1.44. The normalized spacial score (nSPS) is 11.4. The number of fused-ring (bicyclic) bond motifs is 1. The van der Waals surface area contributed by atoms with Gasteiger partial charge in [-0.25, -0.2) is 4.79 Å². The van der Waals surface area contributed by atoms with Crippen LogP contribution >= 0.6 is 34.8 Å². The minimum Gasteiger partial charge on any atom is -0.489 e. The van der Waals surface area contributed by atoms with Crippen molar-refractivity contribution >= 4 is 51.5 Å². The number of carbonyl (C=O) groups is 1. The molecule has 0 aliphatic carbocycles. The molecule has 8 heteroatoms. The lowest BCUT2D eigenvalue weighted by Crippen LogP contribution is -2.01. The molecule has 5 rings (SSSR count). The van der Waals surface area contributed by atoms with Crippen LogP contribution in [0, 0.1) is 6.92 Å². The molecule has 0 radical (unpaired) electrons. The van der Waals surface area contributed by atoms with Gasteiger partial charge in [-0.3, -0.25) is 0 Å². The first-order valence-electron chi connectivity index (χ1n) is 12.3. The fraction of sp³-hybridized carbons (Fsp3) is 0.161. The Morgan fingerprint density at radius 1 is 0.974 bits per heavy atom. The summed E-state index contributed by atoms with van der Waals surface area (Å²) in [4.78, 5) is 11.8. The largest absolute Gasteiger partial charge is 0.489 e. The maximum atomic E-state index is 11.8. The molecule has 1 heterocycles. The van der Waals surface area contributed by atoms with Crippen molar-refractivity contribution in [3.63, 3.8) is 0 Å². The Hall–Kier alpha value is -3.51. The number of rotatable bonds is 7. The molecule has 39 heavy (non-hydrogen) atoms. The SMILES string of the molecule is Cc1ccc2cc(-c3ccc(OCc4c(-c5c(Cl)cccc5Cl)noc4C(C)C)cc3Cl)ccc2c1C(=O)O. The lowest BCUT2D eigenvalue weighted by Gasteiger charge is -2.13. The van der Waals surface area contributed by atoms with E-state index in [9.17, 15) is 9.90 Å². The number of nitrogens with zero attached hydrogens (tertiary/aromatic N) is 1. The third-order valence-corrected chi connectivity index (χ3v) is 7.56. The molecule has 0 saturated heterocycles. The van der Waals surface area contributed by atoms with E-state index in [1.165, 1.54) is 0 Å². The molecule has 1 aromatic heterocycles. The molecule has 0 aliphatic rings. The van der Waals surface area contributed by atoms with E-state index >= 15 is 0 Å². The zero-order chi connectivity index (χ0) is 27.8. The molecular weight excluding hydrogens is 557 g/mol. The van der Waals surface area contributed by atoms with E-state index < -0.39 is 5.97 Å². The molecule has 198 valence electrons. The van der Waals surface area contributed by atoms with E-state index in [4.69, 9.17) is 44.1 Å². The van der Waals surface area contributed by atoms with Gasteiger partial charge in [-0.2, -0.15) is 0 Å². The monoisotopic (exact) mass is 579 g/mol. The number of halogens is 3. The van der Waals surface area contributed by atoms with E-state index in [-0.39, 0.29) is 12.5 Å². The number of carboxylic acid groups (broad SMARTS) is 1. The van der Waals surface area contributed by atoms with Crippen LogP contribution in [0.3, 0.4) is 0 Å². The topological polar surface area (TPSA) is 72.6 Å². The van der Waals surface area contributed by atoms with Crippen LogP contribution in [0.2, 0.25) is 15.1 Å². The number of aromatic carboxylic acids is 1. The van der Waals surface area contributed by atoms with Gasteiger partial charge in [0.05, 0.1) is 26.2 Å². The summed E-state index contributed by atoms with van der Waals surface area (Å²) in [6, 6.07) is 20.1. The molecule has 0 fully saturated rings. The molecule has 0 atom stereocenters. The molecule has 5 aromatic rings. The number of ether oxygens (including phenoxy) is 1. The van der Waals surface area contributed by atoms with E-state index in [0.29, 0.717) is 48.8 Å². The van der Waals surface area contributed by atoms with Gasteiger partial charge < -0.3 is 14.4 Å². The predicted molar refractivity (Wildman–Crippen MR) is 156 cm³/mol. The first kappa shape index (κ1) is 27.1. The first-order valence-corrected chi connectivity index (χ1v) is 13.4. The van der Waals surface area contributed by atoms with Crippen LogP contribution in [0.5, 0.6) is 5.75 Å². The molecule has 1 N–H and O–H groups in total. The van der Waals surface area contributed by atoms with Crippen LogP contribution in [-0.4, -0.2) is 16.2 Å². The zero-order valence-electron chi connectivity index (χ0n) is 21.4. The smallest absolute Gasteiger partial charge is 0.336 e. The molecule has 4 aromatic carbocycles. The van der Waals surface area contributed by atoms with Gasteiger partial charge in [0.1, 0.15) is 23.8 Å². The van der Waals surface area contributed by atoms with Crippen molar-refractivity contribution in [3.05, 3.63) is 104 Å². The lowest BCUT2D eigenvalue weighted by molar-refractivity contribution is 0.0698. The summed E-state index contributed by atoms with van der Waals surface area (Å²) in [5.74, 6) is 0.380. The number of aromatic nitrogens is 1. The van der Waals surface area contributed by atoms with Crippen molar-refractivity contribution in [2.75, 3.05) is 0 Å². The minimum atomic E-state index is -0.946. The second kappa shape index (κ2) is 10.9. The summed E-state index contributed by atoms with van der Waals surface area (Å²) in [5, 5.41) is 16.9. The van der Waals surface area contributed by atoms with Crippen molar-refractivity contribution in [1.29, 1.82) is 0 Å². The number of carboxylic acids is 1. The molecule has 0 unspecified atom stereocenters. The van der Waals surface area contributed by atoms with Crippen LogP contribution in [0.4, 0.5) is 0 Å². The second-order valence-electron chi connectivity index (χ2n) is 9.55. The lowest BCUT2D eigenvalue weighted by atomic mass is 9.96. The Morgan fingerprint density at radius 2 is 1.72 bits per heavy atom. The fourth-order valence-corrected chi connectivity index (χ4v) is 5.56. The second-order valence-corrected chi connectivity index (χ2v) is 10.8. The van der Waals surface area contributed by atoms with Crippen molar-refractivity contribution in [2.24, 2.45) is 0 Å². The van der Waals surface area contributed by atoms with Gasteiger partial charge in [0.25, 0.3) is 0 Å². The van der Waals surface area contributed by atoms with Gasteiger partial charge in [-0.05, 0) is 65.2 Å². The number of hydrogen-bond acceptors (Lipinski definition) is 4. The van der Waals surface area contributed by atoms with Gasteiger partial charge in [0.2, 0.25) is 0 Å². The minimum absolute atomic E-state index is 0.0652. The molecule has 5 nitrogen and oxygen atoms in total. The van der Waals surface area contributed by atoms with Gasteiger partial charge in [-0.1, -0.05) is 84.1 Å². The van der Waals surface area contributed by atoms with Crippen molar-refractivity contribution in [3.8, 4) is 28.1 Å². The maximum Gasteiger partial charge on any atom is 0.336 e.